The number of nitrogens with zero attached hydrogens (tertiary/aromatic N) is 1. The van der Waals surface area contributed by atoms with Gasteiger partial charge in [0, 0.05) is 6.61 Å². The van der Waals surface area contributed by atoms with Crippen LogP contribution in [0.15, 0.2) is 53.5 Å². The van der Waals surface area contributed by atoms with Gasteiger partial charge >= 0.3 is 0 Å². The van der Waals surface area contributed by atoms with Gasteiger partial charge in [0.1, 0.15) is 11.4 Å². The van der Waals surface area contributed by atoms with E-state index in [1.165, 1.54) is 11.1 Å². The SMILES string of the molecule is Cc1cccc(CN=C2Nc3ccccc3NC23CCCCOC3)c1. The summed E-state index contributed by atoms with van der Waals surface area (Å²) in [5.74, 6) is 0.995. The molecule has 1 atom stereocenters. The van der Waals surface area contributed by atoms with Crippen LogP contribution in [0.4, 0.5) is 11.4 Å². The summed E-state index contributed by atoms with van der Waals surface area (Å²) in [4.78, 5) is 4.98. The Bertz CT molecular complexity index is 776. The minimum absolute atomic E-state index is 0.255. The van der Waals surface area contributed by atoms with E-state index in [1.54, 1.807) is 0 Å². The number of rotatable bonds is 2. The molecule has 25 heavy (non-hydrogen) atoms. The van der Waals surface area contributed by atoms with Gasteiger partial charge in [-0.3, -0.25) is 4.99 Å². The van der Waals surface area contributed by atoms with E-state index in [0.29, 0.717) is 13.2 Å². The summed E-state index contributed by atoms with van der Waals surface area (Å²) in [7, 11) is 0. The van der Waals surface area contributed by atoms with E-state index in [2.05, 4.69) is 60.0 Å². The first-order chi connectivity index (χ1) is 12.3. The monoisotopic (exact) mass is 335 g/mol. The van der Waals surface area contributed by atoms with Crippen molar-refractivity contribution in [3.05, 3.63) is 59.7 Å². The second kappa shape index (κ2) is 6.89. The standard InChI is InChI=1S/C21H25N3O/c1-16-7-6-8-17(13-16)14-22-20-21(11-4-5-12-25-15-21)24-19-10-3-2-9-18(19)23-20/h2-3,6-10,13,24H,4-5,11-12,14-15H2,1H3,(H,22,23). The van der Waals surface area contributed by atoms with Gasteiger partial charge in [0.2, 0.25) is 0 Å². The van der Waals surface area contributed by atoms with Crippen LogP contribution in [0.5, 0.6) is 0 Å². The average Bonchev–Trinajstić information content (AvgIpc) is 2.86. The van der Waals surface area contributed by atoms with Crippen LogP contribution in [0, 0.1) is 6.92 Å². The molecule has 2 N–H and O–H groups in total. The number of hydrogen-bond acceptors (Lipinski definition) is 3. The molecule has 4 heteroatoms. The fourth-order valence-corrected chi connectivity index (χ4v) is 3.67. The number of ether oxygens (including phenoxy) is 1. The third-order valence-electron chi connectivity index (χ3n) is 5.00. The molecular formula is C21H25N3O. The Balaban J connectivity index is 1.67. The molecule has 4 rings (SSSR count). The van der Waals surface area contributed by atoms with E-state index in [1.807, 2.05) is 6.07 Å². The predicted molar refractivity (Wildman–Crippen MR) is 103 cm³/mol. The Morgan fingerprint density at radius 3 is 2.84 bits per heavy atom. The van der Waals surface area contributed by atoms with Crippen LogP contribution in [0.2, 0.25) is 0 Å². The van der Waals surface area contributed by atoms with E-state index < -0.39 is 0 Å². The van der Waals surface area contributed by atoms with Crippen molar-refractivity contribution in [3.8, 4) is 0 Å². The van der Waals surface area contributed by atoms with Gasteiger partial charge in [0.05, 0.1) is 24.5 Å². The van der Waals surface area contributed by atoms with Crippen molar-refractivity contribution >= 4 is 17.2 Å². The molecule has 130 valence electrons. The molecule has 2 aliphatic heterocycles. The second-order valence-electron chi connectivity index (χ2n) is 7.04. The zero-order chi connectivity index (χ0) is 17.1. The quantitative estimate of drug-likeness (QED) is 0.856. The highest BCUT2D eigenvalue weighted by atomic mass is 16.5. The summed E-state index contributed by atoms with van der Waals surface area (Å²) in [5.41, 5.74) is 4.46. The number of benzene rings is 2. The van der Waals surface area contributed by atoms with Crippen molar-refractivity contribution in [1.29, 1.82) is 0 Å². The number of hydrogen-bond donors (Lipinski definition) is 2. The lowest BCUT2D eigenvalue weighted by atomic mass is 9.89. The third kappa shape index (κ3) is 3.40. The number of anilines is 2. The topological polar surface area (TPSA) is 45.7 Å². The smallest absolute Gasteiger partial charge is 0.130 e. The number of amidine groups is 1. The number of para-hydroxylation sites is 2. The van der Waals surface area contributed by atoms with Gasteiger partial charge in [-0.1, -0.05) is 42.0 Å². The van der Waals surface area contributed by atoms with Crippen LogP contribution >= 0.6 is 0 Å². The van der Waals surface area contributed by atoms with Gasteiger partial charge < -0.3 is 15.4 Å². The maximum Gasteiger partial charge on any atom is 0.130 e. The Hall–Kier alpha value is -2.33. The minimum Gasteiger partial charge on any atom is -0.379 e. The van der Waals surface area contributed by atoms with Crippen molar-refractivity contribution in [1.82, 2.24) is 0 Å². The Labute approximate surface area is 149 Å². The molecule has 2 aromatic carbocycles. The summed E-state index contributed by atoms with van der Waals surface area (Å²) >= 11 is 0. The lowest BCUT2D eigenvalue weighted by Gasteiger charge is -2.40. The Kier molecular flexibility index (Phi) is 4.45. The van der Waals surface area contributed by atoms with Crippen molar-refractivity contribution in [2.24, 2.45) is 4.99 Å². The highest BCUT2D eigenvalue weighted by Gasteiger charge is 2.40. The molecule has 4 nitrogen and oxygen atoms in total. The molecule has 0 aliphatic carbocycles. The van der Waals surface area contributed by atoms with Gasteiger partial charge in [0.15, 0.2) is 0 Å². The van der Waals surface area contributed by atoms with Crippen LogP contribution in [0.25, 0.3) is 0 Å². The molecule has 2 aliphatic rings. The lowest BCUT2D eigenvalue weighted by Crippen LogP contribution is -2.55. The zero-order valence-electron chi connectivity index (χ0n) is 14.7. The number of aryl methyl sites for hydroxylation is 1. The van der Waals surface area contributed by atoms with Crippen molar-refractivity contribution in [2.75, 3.05) is 23.8 Å². The van der Waals surface area contributed by atoms with Gasteiger partial charge in [-0.2, -0.15) is 0 Å². The number of fused-ring (bicyclic) bond motifs is 1. The Morgan fingerprint density at radius 2 is 1.96 bits per heavy atom. The fourth-order valence-electron chi connectivity index (χ4n) is 3.67. The maximum atomic E-state index is 5.92. The van der Waals surface area contributed by atoms with E-state index in [9.17, 15) is 0 Å². The molecule has 2 aromatic rings. The van der Waals surface area contributed by atoms with Crippen LogP contribution in [0.3, 0.4) is 0 Å². The molecule has 2 heterocycles. The highest BCUT2D eigenvalue weighted by Crippen LogP contribution is 2.35. The summed E-state index contributed by atoms with van der Waals surface area (Å²) in [6, 6.07) is 16.9. The molecule has 0 radical (unpaired) electrons. The summed E-state index contributed by atoms with van der Waals surface area (Å²) in [5, 5.41) is 7.31. The summed E-state index contributed by atoms with van der Waals surface area (Å²) in [6.45, 7) is 4.28. The first kappa shape index (κ1) is 16.2. The first-order valence-electron chi connectivity index (χ1n) is 9.08. The largest absolute Gasteiger partial charge is 0.379 e. The van der Waals surface area contributed by atoms with Crippen molar-refractivity contribution in [3.63, 3.8) is 0 Å². The fraction of sp³-hybridized carbons (Fsp3) is 0.381. The molecular weight excluding hydrogens is 310 g/mol. The number of aliphatic imine (C=N–C) groups is 1. The molecule has 0 saturated carbocycles. The lowest BCUT2D eigenvalue weighted by molar-refractivity contribution is 0.126. The van der Waals surface area contributed by atoms with Crippen LogP contribution < -0.4 is 10.6 Å². The van der Waals surface area contributed by atoms with E-state index in [-0.39, 0.29) is 5.54 Å². The van der Waals surface area contributed by atoms with Gasteiger partial charge in [-0.25, -0.2) is 0 Å². The minimum atomic E-state index is -0.255. The molecule has 1 unspecified atom stereocenters. The molecule has 1 spiro atoms. The number of nitrogens with one attached hydrogen (secondary N) is 2. The van der Waals surface area contributed by atoms with Gasteiger partial charge in [-0.15, -0.1) is 0 Å². The van der Waals surface area contributed by atoms with Crippen LogP contribution in [0.1, 0.15) is 30.4 Å². The van der Waals surface area contributed by atoms with Gasteiger partial charge in [0.25, 0.3) is 0 Å². The molecule has 0 aromatic heterocycles. The van der Waals surface area contributed by atoms with E-state index in [0.717, 1.165) is 43.1 Å². The summed E-state index contributed by atoms with van der Waals surface area (Å²) < 4.78 is 5.92. The zero-order valence-corrected chi connectivity index (χ0v) is 14.7. The molecule has 1 fully saturated rings. The maximum absolute atomic E-state index is 5.92. The normalized spacial score (nSPS) is 24.3. The van der Waals surface area contributed by atoms with Crippen LogP contribution in [-0.4, -0.2) is 24.6 Å². The first-order valence-corrected chi connectivity index (χ1v) is 9.08. The summed E-state index contributed by atoms with van der Waals surface area (Å²) in [6.07, 6.45) is 3.28. The van der Waals surface area contributed by atoms with Gasteiger partial charge in [-0.05, 0) is 43.9 Å². The second-order valence-corrected chi connectivity index (χ2v) is 7.04. The van der Waals surface area contributed by atoms with Crippen molar-refractivity contribution < 1.29 is 4.74 Å². The van der Waals surface area contributed by atoms with Crippen molar-refractivity contribution in [2.45, 2.75) is 38.3 Å². The predicted octanol–water partition coefficient (Wildman–Crippen LogP) is 4.37. The van der Waals surface area contributed by atoms with E-state index >= 15 is 0 Å². The highest BCUT2D eigenvalue weighted by molar-refractivity contribution is 6.09. The van der Waals surface area contributed by atoms with E-state index in [4.69, 9.17) is 9.73 Å². The Morgan fingerprint density at radius 1 is 1.08 bits per heavy atom. The third-order valence-corrected chi connectivity index (χ3v) is 5.00. The molecule has 0 amide bonds. The molecule has 1 saturated heterocycles. The average molecular weight is 335 g/mol. The van der Waals surface area contributed by atoms with Crippen LogP contribution in [-0.2, 0) is 11.3 Å². The molecule has 0 bridgehead atoms.